The fourth-order valence-corrected chi connectivity index (χ4v) is 11.3. The topological polar surface area (TPSA) is 96.2 Å². The standard InChI is InChI=1S/C35H52O4.C30H46O2/c1-8-11-12-21-34(6,7)32(36)19-14-27-13-15-28(22-25(27)4)35(9-2,10-3)29-16-18-31(26(5)23-29)38-24-30-17-20-33(37)39-30;1-8-11-12-19-29(6,7)28(32)18-14-24-13-15-25(20-22(24)4)30(9-2,10-3)26-16-17-27(31)23(5)21-26/h13,15-16,18,22-23,30,32,36H,8-12,14,17,19-21,24H2,1-7H3;13,15-17,20-21,28,31-32H,8-12,14,18-19H2,1-7H3/t30-,32?;/m0./s1. The van der Waals surface area contributed by atoms with Gasteiger partial charge in [-0.05, 0) is 177 Å². The highest BCUT2D eigenvalue weighted by Crippen LogP contribution is 2.43. The van der Waals surface area contributed by atoms with Crippen molar-refractivity contribution >= 4 is 5.97 Å². The Bertz CT molecular complexity index is 2260. The Hall–Kier alpha value is -4.13. The number of aromatic hydroxyl groups is 1. The first-order chi connectivity index (χ1) is 33.7. The number of phenolic OH excluding ortho intramolecular Hbond substituents is 1. The second-order valence-electron chi connectivity index (χ2n) is 22.8. The van der Waals surface area contributed by atoms with E-state index in [0.29, 0.717) is 18.8 Å². The molecule has 0 aliphatic carbocycles. The number of hydrogen-bond donors (Lipinski definition) is 3. The van der Waals surface area contributed by atoms with E-state index < -0.39 is 0 Å². The number of rotatable bonds is 27. The largest absolute Gasteiger partial charge is 0.508 e. The van der Waals surface area contributed by atoms with Gasteiger partial charge in [-0.3, -0.25) is 4.79 Å². The number of aryl methyl sites for hydroxylation is 6. The van der Waals surface area contributed by atoms with Crippen molar-refractivity contribution in [1.82, 2.24) is 0 Å². The number of cyclic esters (lactones) is 1. The molecule has 1 fully saturated rings. The van der Waals surface area contributed by atoms with Crippen molar-refractivity contribution in [3.8, 4) is 11.5 Å². The summed E-state index contributed by atoms with van der Waals surface area (Å²) in [7, 11) is 0. The van der Waals surface area contributed by atoms with E-state index in [4.69, 9.17) is 9.47 Å². The maximum absolute atomic E-state index is 11.4. The number of hydrogen-bond acceptors (Lipinski definition) is 6. The Morgan fingerprint density at radius 2 is 0.986 bits per heavy atom. The van der Waals surface area contributed by atoms with Gasteiger partial charge < -0.3 is 24.8 Å². The fourth-order valence-electron chi connectivity index (χ4n) is 11.3. The van der Waals surface area contributed by atoms with Crippen LogP contribution in [-0.2, 0) is 33.2 Å². The van der Waals surface area contributed by atoms with Gasteiger partial charge in [-0.2, -0.15) is 0 Å². The molecule has 1 heterocycles. The highest BCUT2D eigenvalue weighted by molar-refractivity contribution is 5.71. The Morgan fingerprint density at radius 3 is 1.35 bits per heavy atom. The predicted molar refractivity (Wildman–Crippen MR) is 298 cm³/mol. The summed E-state index contributed by atoms with van der Waals surface area (Å²) < 4.78 is 11.3. The molecule has 3 N–H and O–H groups in total. The minimum atomic E-state index is -0.289. The van der Waals surface area contributed by atoms with Crippen LogP contribution in [0.15, 0.2) is 72.8 Å². The lowest BCUT2D eigenvalue weighted by Crippen LogP contribution is -2.30. The van der Waals surface area contributed by atoms with E-state index in [-0.39, 0.29) is 45.9 Å². The SMILES string of the molecule is CCCCCC(C)(C)C(O)CCc1ccc(C(CC)(CC)c2ccc(O)c(C)c2)cc1C.CCCCCC(C)(C)C(O)CCc1ccc(C(CC)(CC)c2ccc(OC[C@@H]3CCC(=O)O3)c(C)c2)cc1C. The Morgan fingerprint density at radius 1 is 0.577 bits per heavy atom. The maximum Gasteiger partial charge on any atom is 0.306 e. The van der Waals surface area contributed by atoms with Crippen LogP contribution in [0.5, 0.6) is 11.5 Å². The highest BCUT2D eigenvalue weighted by atomic mass is 16.6. The third-order valence-corrected chi connectivity index (χ3v) is 17.1. The second kappa shape index (κ2) is 27.2. The minimum absolute atomic E-state index is 0.0285. The summed E-state index contributed by atoms with van der Waals surface area (Å²) in [6, 6.07) is 26.5. The van der Waals surface area contributed by atoms with E-state index >= 15 is 0 Å². The first-order valence-electron chi connectivity index (χ1n) is 28.0. The zero-order valence-corrected chi connectivity index (χ0v) is 47.2. The van der Waals surface area contributed by atoms with Gasteiger partial charge >= 0.3 is 5.97 Å². The molecule has 0 aromatic heterocycles. The minimum Gasteiger partial charge on any atom is -0.508 e. The van der Waals surface area contributed by atoms with Crippen LogP contribution < -0.4 is 4.74 Å². The zero-order valence-electron chi connectivity index (χ0n) is 47.2. The van der Waals surface area contributed by atoms with Crippen LogP contribution >= 0.6 is 0 Å². The summed E-state index contributed by atoms with van der Waals surface area (Å²) >= 11 is 0. The van der Waals surface area contributed by atoms with Gasteiger partial charge in [0, 0.05) is 17.3 Å². The van der Waals surface area contributed by atoms with Crippen LogP contribution in [0.4, 0.5) is 0 Å². The maximum atomic E-state index is 11.4. The molecule has 4 aromatic carbocycles. The van der Waals surface area contributed by atoms with E-state index in [1.165, 1.54) is 83.0 Å². The third-order valence-electron chi connectivity index (χ3n) is 17.1. The second-order valence-corrected chi connectivity index (χ2v) is 22.8. The van der Waals surface area contributed by atoms with Gasteiger partial charge in [-0.1, -0.05) is 168 Å². The summed E-state index contributed by atoms with van der Waals surface area (Å²) in [5.41, 5.74) is 12.4. The van der Waals surface area contributed by atoms with Crippen LogP contribution in [0, 0.1) is 38.5 Å². The first kappa shape index (κ1) is 59.4. The first-order valence-corrected chi connectivity index (χ1v) is 28.0. The molecule has 0 radical (unpaired) electrons. The van der Waals surface area contributed by atoms with E-state index in [1.807, 2.05) is 13.0 Å². The molecule has 2 unspecified atom stereocenters. The molecule has 0 spiro atoms. The number of benzene rings is 4. The normalized spacial score (nSPS) is 15.3. The zero-order chi connectivity index (χ0) is 52.6. The highest BCUT2D eigenvalue weighted by Gasteiger charge is 2.34. The van der Waals surface area contributed by atoms with E-state index in [1.54, 1.807) is 0 Å². The summed E-state index contributed by atoms with van der Waals surface area (Å²) in [5, 5.41) is 31.8. The summed E-state index contributed by atoms with van der Waals surface area (Å²) in [6.45, 7) is 31.2. The van der Waals surface area contributed by atoms with Crippen molar-refractivity contribution in [1.29, 1.82) is 0 Å². The molecule has 0 bridgehead atoms. The average Bonchev–Trinajstić information content (AvgIpc) is 3.77. The van der Waals surface area contributed by atoms with Gasteiger partial charge in [0.05, 0.1) is 12.2 Å². The number of ether oxygens (including phenoxy) is 2. The van der Waals surface area contributed by atoms with Crippen molar-refractivity contribution in [2.45, 2.75) is 242 Å². The predicted octanol–water partition coefficient (Wildman–Crippen LogP) is 16.4. The summed E-state index contributed by atoms with van der Waals surface area (Å²) in [6.07, 6.45) is 17.4. The molecule has 6 heteroatoms. The lowest BCUT2D eigenvalue weighted by molar-refractivity contribution is -0.142. The van der Waals surface area contributed by atoms with E-state index in [2.05, 4.69) is 157 Å². The monoisotopic (exact) mass is 975 g/mol. The molecule has 71 heavy (non-hydrogen) atoms. The van der Waals surface area contributed by atoms with Crippen molar-refractivity contribution in [2.75, 3.05) is 6.61 Å². The number of carbonyl (C=O) groups is 1. The average molecular weight is 975 g/mol. The Kier molecular flexibility index (Phi) is 22.8. The molecule has 1 aliphatic rings. The molecular formula is C65H98O6. The molecule has 394 valence electrons. The lowest BCUT2D eigenvalue weighted by Gasteiger charge is -2.34. The van der Waals surface area contributed by atoms with Gasteiger partial charge in [-0.25, -0.2) is 0 Å². The van der Waals surface area contributed by atoms with Crippen molar-refractivity contribution in [3.05, 3.63) is 128 Å². The van der Waals surface area contributed by atoms with Crippen LogP contribution in [0.2, 0.25) is 0 Å². The number of unbranched alkanes of at least 4 members (excludes halogenated alkanes) is 4. The molecule has 4 aromatic rings. The van der Waals surface area contributed by atoms with Crippen LogP contribution in [0.1, 0.15) is 228 Å². The molecule has 6 nitrogen and oxygen atoms in total. The van der Waals surface area contributed by atoms with Crippen LogP contribution in [0.25, 0.3) is 0 Å². The molecule has 0 amide bonds. The molecular weight excluding hydrogens is 877 g/mol. The van der Waals surface area contributed by atoms with Gasteiger partial charge in [-0.15, -0.1) is 0 Å². The number of carbonyl (C=O) groups excluding carboxylic acids is 1. The Labute approximate surface area is 432 Å². The lowest BCUT2D eigenvalue weighted by atomic mass is 9.69. The van der Waals surface area contributed by atoms with Crippen LogP contribution in [0.3, 0.4) is 0 Å². The number of esters is 1. The van der Waals surface area contributed by atoms with Crippen LogP contribution in [-0.4, -0.2) is 46.2 Å². The number of aliphatic hydroxyl groups is 2. The molecule has 1 saturated heterocycles. The summed E-state index contributed by atoms with van der Waals surface area (Å²) in [5.74, 6) is 1.08. The molecule has 1 aliphatic heterocycles. The Balaban J connectivity index is 0.000000315. The smallest absolute Gasteiger partial charge is 0.306 e. The molecule has 3 atom stereocenters. The van der Waals surface area contributed by atoms with Gasteiger partial charge in [0.25, 0.3) is 0 Å². The van der Waals surface area contributed by atoms with E-state index in [9.17, 15) is 20.1 Å². The number of phenols is 1. The number of aliphatic hydroxyl groups excluding tert-OH is 2. The quantitative estimate of drug-likeness (QED) is 0.0407. The van der Waals surface area contributed by atoms with E-state index in [0.717, 1.165) is 87.5 Å². The third kappa shape index (κ3) is 15.5. The van der Waals surface area contributed by atoms with Gasteiger partial charge in [0.15, 0.2) is 0 Å². The molecule has 0 saturated carbocycles. The fraction of sp³-hybridized carbons (Fsp3) is 0.615. The van der Waals surface area contributed by atoms with Crippen molar-refractivity contribution in [2.24, 2.45) is 10.8 Å². The van der Waals surface area contributed by atoms with Gasteiger partial charge in [0.1, 0.15) is 24.2 Å². The van der Waals surface area contributed by atoms with Crippen molar-refractivity contribution < 1.29 is 29.6 Å². The molecule has 5 rings (SSSR count). The van der Waals surface area contributed by atoms with Crippen molar-refractivity contribution in [3.63, 3.8) is 0 Å². The van der Waals surface area contributed by atoms with Gasteiger partial charge in [0.2, 0.25) is 0 Å². The summed E-state index contributed by atoms with van der Waals surface area (Å²) in [4.78, 5) is 11.4.